The highest BCUT2D eigenvalue weighted by atomic mass is 32.1. The smallest absolute Gasteiger partial charge is 0.106 e. The van der Waals surface area contributed by atoms with Gasteiger partial charge in [0.25, 0.3) is 0 Å². The fourth-order valence-corrected chi connectivity index (χ4v) is 3.61. The molecule has 5 heteroatoms. The normalized spacial score (nSPS) is 17.6. The molecule has 0 unspecified atom stereocenters. The van der Waals surface area contributed by atoms with Gasteiger partial charge in [0.05, 0.1) is 21.6 Å². The van der Waals surface area contributed by atoms with Crippen LogP contribution in [0.15, 0.2) is 17.6 Å². The molecule has 2 aromatic rings. The van der Waals surface area contributed by atoms with Crippen LogP contribution in [0.4, 0.5) is 11.4 Å². The summed E-state index contributed by atoms with van der Waals surface area (Å²) in [7, 11) is 0. The van der Waals surface area contributed by atoms with E-state index in [4.69, 9.17) is 5.73 Å². The van der Waals surface area contributed by atoms with Crippen molar-refractivity contribution >= 4 is 32.9 Å². The van der Waals surface area contributed by atoms with Crippen molar-refractivity contribution in [2.45, 2.75) is 32.2 Å². The highest BCUT2D eigenvalue weighted by molar-refractivity contribution is 7.16. The first kappa shape index (κ1) is 13.6. The van der Waals surface area contributed by atoms with Crippen molar-refractivity contribution in [3.8, 4) is 0 Å². The van der Waals surface area contributed by atoms with Crippen LogP contribution in [0.1, 0.15) is 26.2 Å². The third-order valence-corrected chi connectivity index (χ3v) is 4.82. The minimum atomic E-state index is 0.529. The van der Waals surface area contributed by atoms with Gasteiger partial charge in [-0.3, -0.25) is 0 Å². The average Bonchev–Trinajstić information content (AvgIpc) is 2.94. The van der Waals surface area contributed by atoms with Crippen molar-refractivity contribution in [1.82, 2.24) is 9.88 Å². The van der Waals surface area contributed by atoms with E-state index in [1.165, 1.54) is 38.9 Å². The minimum absolute atomic E-state index is 0.529. The number of nitrogens with one attached hydrogen (secondary N) is 1. The summed E-state index contributed by atoms with van der Waals surface area (Å²) in [5.74, 6) is 0. The lowest BCUT2D eigenvalue weighted by Gasteiger charge is -2.32. The fraction of sp³-hybridized carbons (Fsp3) is 0.533. The summed E-state index contributed by atoms with van der Waals surface area (Å²) < 4.78 is 1.16. The predicted molar refractivity (Wildman–Crippen MR) is 87.4 cm³/mol. The Labute approximate surface area is 124 Å². The number of hydrogen-bond acceptors (Lipinski definition) is 5. The van der Waals surface area contributed by atoms with Crippen LogP contribution in [-0.4, -0.2) is 35.6 Å². The molecule has 1 aliphatic heterocycles. The predicted octanol–water partition coefficient (Wildman–Crippen LogP) is 3.16. The van der Waals surface area contributed by atoms with Gasteiger partial charge in [-0.2, -0.15) is 0 Å². The van der Waals surface area contributed by atoms with Crippen molar-refractivity contribution in [1.29, 1.82) is 0 Å². The molecule has 4 nitrogen and oxygen atoms in total. The molecule has 1 aliphatic rings. The quantitative estimate of drug-likeness (QED) is 0.849. The molecule has 1 fully saturated rings. The van der Waals surface area contributed by atoms with Crippen LogP contribution >= 0.6 is 11.3 Å². The first-order chi connectivity index (χ1) is 9.78. The molecular weight excluding hydrogens is 268 g/mol. The summed E-state index contributed by atoms with van der Waals surface area (Å²) in [6, 6.07) is 4.73. The van der Waals surface area contributed by atoms with Gasteiger partial charge in [-0.05, 0) is 37.9 Å². The van der Waals surface area contributed by atoms with E-state index >= 15 is 0 Å². The Balaban J connectivity index is 1.66. The van der Waals surface area contributed by atoms with Crippen LogP contribution in [-0.2, 0) is 0 Å². The molecule has 0 amide bonds. The Hall–Kier alpha value is -1.33. The monoisotopic (exact) mass is 290 g/mol. The Kier molecular flexibility index (Phi) is 4.08. The van der Waals surface area contributed by atoms with Crippen molar-refractivity contribution < 1.29 is 0 Å². The van der Waals surface area contributed by atoms with E-state index < -0.39 is 0 Å². The van der Waals surface area contributed by atoms with Crippen LogP contribution in [0.25, 0.3) is 10.2 Å². The van der Waals surface area contributed by atoms with Crippen LogP contribution in [0.3, 0.4) is 0 Å². The molecule has 2 heterocycles. The average molecular weight is 290 g/mol. The van der Waals surface area contributed by atoms with Crippen LogP contribution in [0, 0.1) is 0 Å². The summed E-state index contributed by atoms with van der Waals surface area (Å²) in [4.78, 5) is 6.90. The van der Waals surface area contributed by atoms with Crippen molar-refractivity contribution in [3.05, 3.63) is 17.6 Å². The zero-order valence-electron chi connectivity index (χ0n) is 11.9. The van der Waals surface area contributed by atoms with Gasteiger partial charge in [0.2, 0.25) is 0 Å². The van der Waals surface area contributed by atoms with E-state index in [2.05, 4.69) is 34.3 Å². The molecule has 1 aromatic carbocycles. The summed E-state index contributed by atoms with van der Waals surface area (Å²) in [6.45, 7) is 5.84. The molecule has 3 N–H and O–H groups in total. The molecular formula is C15H22N4S. The number of likely N-dealkylation sites (tertiary alicyclic amines) is 1. The minimum Gasteiger partial charge on any atom is -0.395 e. The van der Waals surface area contributed by atoms with Gasteiger partial charge < -0.3 is 16.0 Å². The lowest BCUT2D eigenvalue weighted by atomic mass is 10.0. The maximum Gasteiger partial charge on any atom is 0.106 e. The summed E-state index contributed by atoms with van der Waals surface area (Å²) in [6.07, 6.45) is 3.62. The number of anilines is 2. The number of aromatic nitrogens is 1. The van der Waals surface area contributed by atoms with Crippen molar-refractivity contribution in [3.63, 3.8) is 0 Å². The summed E-state index contributed by atoms with van der Waals surface area (Å²) >= 11 is 1.64. The molecule has 1 saturated heterocycles. The van der Waals surface area contributed by atoms with Gasteiger partial charge >= 0.3 is 0 Å². The molecule has 0 aliphatic carbocycles. The molecule has 1 aromatic heterocycles. The first-order valence-electron chi connectivity index (χ1n) is 7.38. The van der Waals surface area contributed by atoms with Gasteiger partial charge in [0.15, 0.2) is 0 Å². The second-order valence-corrected chi connectivity index (χ2v) is 6.37. The molecule has 0 atom stereocenters. The molecule has 0 bridgehead atoms. The van der Waals surface area contributed by atoms with E-state index in [-0.39, 0.29) is 0 Å². The lowest BCUT2D eigenvalue weighted by Crippen LogP contribution is -2.39. The van der Waals surface area contributed by atoms with E-state index in [9.17, 15) is 0 Å². The Morgan fingerprint density at radius 1 is 1.40 bits per heavy atom. The highest BCUT2D eigenvalue weighted by Gasteiger charge is 2.19. The zero-order valence-corrected chi connectivity index (χ0v) is 12.7. The van der Waals surface area contributed by atoms with Crippen molar-refractivity contribution in [2.75, 3.05) is 30.7 Å². The van der Waals surface area contributed by atoms with Crippen molar-refractivity contribution in [2.24, 2.45) is 0 Å². The van der Waals surface area contributed by atoms with E-state index in [1.54, 1.807) is 11.3 Å². The summed E-state index contributed by atoms with van der Waals surface area (Å²) in [5.41, 5.74) is 10.8. The lowest BCUT2D eigenvalue weighted by molar-refractivity contribution is 0.219. The number of nitrogen functional groups attached to an aromatic ring is 1. The maximum absolute atomic E-state index is 6.23. The van der Waals surface area contributed by atoms with Crippen LogP contribution < -0.4 is 11.1 Å². The SMILES string of the molecule is CCCN1CCC(Nc2ccc3scnc3c2N)CC1. The standard InChI is InChI=1S/C15H22N4S/c1-2-7-19-8-5-11(6-9-19)18-12-3-4-13-15(14(12)16)17-10-20-13/h3-4,10-11,18H,2,5-9,16H2,1H3. The van der Waals surface area contributed by atoms with Gasteiger partial charge in [-0.15, -0.1) is 11.3 Å². The van der Waals surface area contributed by atoms with E-state index in [1.807, 2.05) is 5.51 Å². The largest absolute Gasteiger partial charge is 0.395 e. The number of benzene rings is 1. The number of nitrogens with two attached hydrogens (primary N) is 1. The molecule has 0 radical (unpaired) electrons. The fourth-order valence-electron chi connectivity index (χ4n) is 2.92. The molecule has 108 valence electrons. The number of thiazole rings is 1. The molecule has 20 heavy (non-hydrogen) atoms. The number of rotatable bonds is 4. The maximum atomic E-state index is 6.23. The molecule has 0 spiro atoms. The topological polar surface area (TPSA) is 54.2 Å². The van der Waals surface area contributed by atoms with Crippen LogP contribution in [0.5, 0.6) is 0 Å². The molecule has 0 saturated carbocycles. The van der Waals surface area contributed by atoms with Gasteiger partial charge in [0.1, 0.15) is 5.52 Å². The second-order valence-electron chi connectivity index (χ2n) is 5.49. The second kappa shape index (κ2) is 5.97. The van der Waals surface area contributed by atoms with Gasteiger partial charge in [0, 0.05) is 19.1 Å². The Bertz CT molecular complexity index is 572. The van der Waals surface area contributed by atoms with E-state index in [0.29, 0.717) is 6.04 Å². The van der Waals surface area contributed by atoms with Crippen LogP contribution in [0.2, 0.25) is 0 Å². The van der Waals surface area contributed by atoms with Gasteiger partial charge in [-0.1, -0.05) is 6.92 Å². The summed E-state index contributed by atoms with van der Waals surface area (Å²) in [5, 5.41) is 3.61. The third kappa shape index (κ3) is 2.74. The number of piperidine rings is 1. The zero-order chi connectivity index (χ0) is 13.9. The number of fused-ring (bicyclic) bond motifs is 1. The van der Waals surface area contributed by atoms with Gasteiger partial charge in [-0.25, -0.2) is 4.98 Å². The number of hydrogen-bond donors (Lipinski definition) is 2. The Morgan fingerprint density at radius 3 is 2.95 bits per heavy atom. The van der Waals surface area contributed by atoms with E-state index in [0.717, 1.165) is 21.6 Å². The third-order valence-electron chi connectivity index (χ3n) is 4.03. The first-order valence-corrected chi connectivity index (χ1v) is 8.26. The number of nitrogens with zero attached hydrogens (tertiary/aromatic N) is 2. The molecule has 3 rings (SSSR count). The highest BCUT2D eigenvalue weighted by Crippen LogP contribution is 2.31. The Morgan fingerprint density at radius 2 is 2.20 bits per heavy atom.